The van der Waals surface area contributed by atoms with Gasteiger partial charge in [-0.3, -0.25) is 0 Å². The molecule has 376 valence electrons. The number of alkyl halides is 9. The molecule has 0 bridgehead atoms. The van der Waals surface area contributed by atoms with Crippen LogP contribution < -0.4 is 0 Å². The van der Waals surface area contributed by atoms with Gasteiger partial charge in [0.05, 0.1) is 44.8 Å². The summed E-state index contributed by atoms with van der Waals surface area (Å²) >= 11 is 0. The maximum atomic E-state index is 14.3. The minimum atomic E-state index is -4.64. The quantitative estimate of drug-likeness (QED) is 0.142. The van der Waals surface area contributed by atoms with Gasteiger partial charge in [0.1, 0.15) is 0 Å². The van der Waals surface area contributed by atoms with Crippen LogP contribution in [0.2, 0.25) is 0 Å². The summed E-state index contributed by atoms with van der Waals surface area (Å²) in [6.07, 6.45) is -13.9. The first kappa shape index (κ1) is 49.4. The van der Waals surface area contributed by atoms with Gasteiger partial charge in [-0.2, -0.15) is 39.5 Å². The number of hydrogen-bond acceptors (Lipinski definition) is 2. The number of rotatable bonds is 8. The van der Waals surface area contributed by atoms with Gasteiger partial charge in [-0.1, -0.05) is 127 Å². The minimum Gasteiger partial charge on any atom is -0.308 e. The summed E-state index contributed by atoms with van der Waals surface area (Å²) in [5.74, 6) is 0.331. The van der Waals surface area contributed by atoms with E-state index in [0.717, 1.165) is 58.7 Å². The maximum absolute atomic E-state index is 14.3. The monoisotopic (exact) mass is 1020 g/mol. The highest BCUT2D eigenvalue weighted by molar-refractivity contribution is 6.13. The van der Waals surface area contributed by atoms with Crippen molar-refractivity contribution < 1.29 is 39.5 Å². The lowest BCUT2D eigenvalue weighted by atomic mass is 9.91. The van der Waals surface area contributed by atoms with E-state index in [2.05, 4.69) is 0 Å². The van der Waals surface area contributed by atoms with Crippen LogP contribution in [0.4, 0.5) is 39.5 Å². The molecule has 0 aliphatic rings. The van der Waals surface area contributed by atoms with E-state index in [9.17, 15) is 39.5 Å². The average molecular weight is 1020 g/mol. The van der Waals surface area contributed by atoms with Crippen molar-refractivity contribution in [2.24, 2.45) is 0 Å². The Hall–Kier alpha value is -8.77. The van der Waals surface area contributed by atoms with Crippen molar-refractivity contribution >= 4 is 21.8 Å². The molecule has 2 heterocycles. The lowest BCUT2D eigenvalue weighted by Gasteiger charge is -2.22. The van der Waals surface area contributed by atoms with E-state index in [0.29, 0.717) is 100 Å². The standard InChI is InChI=1S/C64H42F9N3/c1-37-14-16-40(17-15-37)52-34-48(61-74-56(42-10-6-4-7-11-42)36-57(75-61)43-12-8-5-9-13-43)35-53(41-18-22-49(23-19-41)62(65,66)67)60(52)76-58-24-20-44(46-26-38(2)28-50(30-46)63(68,69)70)32-54(58)55-33-45(21-25-59(55)76)47-27-39(3)29-51(31-47)64(71,72)73/h4-36H,1-3H3. The Morgan fingerprint density at radius 2 is 0.724 bits per heavy atom. The number of benzene rings is 9. The minimum absolute atomic E-state index is 0.294. The summed E-state index contributed by atoms with van der Waals surface area (Å²) in [5, 5.41) is 1.11. The van der Waals surface area contributed by atoms with Gasteiger partial charge in [0, 0.05) is 38.6 Å². The predicted molar refractivity (Wildman–Crippen MR) is 284 cm³/mol. The summed E-state index contributed by atoms with van der Waals surface area (Å²) in [7, 11) is 0. The lowest BCUT2D eigenvalue weighted by molar-refractivity contribution is -0.138. The molecule has 0 N–H and O–H groups in total. The topological polar surface area (TPSA) is 30.7 Å². The zero-order chi connectivity index (χ0) is 53.3. The molecule has 0 aliphatic carbocycles. The first-order chi connectivity index (χ1) is 36.2. The van der Waals surface area contributed by atoms with Crippen LogP contribution in [0, 0.1) is 20.8 Å². The molecular weight excluding hydrogens is 982 g/mol. The molecule has 11 rings (SSSR count). The van der Waals surface area contributed by atoms with Gasteiger partial charge in [0.25, 0.3) is 0 Å². The van der Waals surface area contributed by atoms with Crippen LogP contribution >= 0.6 is 0 Å². The normalized spacial score (nSPS) is 12.2. The highest BCUT2D eigenvalue weighted by Gasteiger charge is 2.33. The van der Waals surface area contributed by atoms with Crippen molar-refractivity contribution in [2.75, 3.05) is 0 Å². The van der Waals surface area contributed by atoms with Crippen molar-refractivity contribution in [3.8, 4) is 84.1 Å². The number of nitrogens with zero attached hydrogens (tertiary/aromatic N) is 3. The SMILES string of the molecule is Cc1ccc(-c2cc(-c3nc(-c4ccccc4)cc(-c4ccccc4)n3)cc(-c3ccc(C(F)(F)F)cc3)c2-n2c3ccc(-c4cc(C)cc(C(F)(F)F)c4)cc3c3cc(-c4cc(C)cc(C(F)(F)F)c4)ccc32)cc1. The summed E-state index contributed by atoms with van der Waals surface area (Å²) < 4.78 is 131. The fourth-order valence-corrected chi connectivity index (χ4v) is 9.96. The van der Waals surface area contributed by atoms with Crippen LogP contribution in [0.25, 0.3) is 106 Å². The zero-order valence-electron chi connectivity index (χ0n) is 40.8. The molecule has 0 amide bonds. The smallest absolute Gasteiger partial charge is 0.308 e. The number of fused-ring (bicyclic) bond motifs is 3. The molecular formula is C64H42F9N3. The third kappa shape index (κ3) is 9.62. The van der Waals surface area contributed by atoms with E-state index < -0.39 is 35.2 Å². The van der Waals surface area contributed by atoms with Gasteiger partial charge in [-0.25, -0.2) is 9.97 Å². The molecule has 9 aromatic carbocycles. The predicted octanol–water partition coefficient (Wildman–Crippen LogP) is 19.2. The Labute approximate surface area is 431 Å². The van der Waals surface area contributed by atoms with Gasteiger partial charge >= 0.3 is 18.5 Å². The third-order valence-electron chi connectivity index (χ3n) is 13.6. The van der Waals surface area contributed by atoms with E-state index in [1.165, 1.54) is 12.1 Å². The number of aryl methyl sites for hydroxylation is 3. The molecule has 76 heavy (non-hydrogen) atoms. The molecule has 11 aromatic rings. The zero-order valence-corrected chi connectivity index (χ0v) is 40.8. The Kier molecular flexibility index (Phi) is 12.3. The highest BCUT2D eigenvalue weighted by Crippen LogP contribution is 2.47. The fraction of sp³-hybridized carbons (Fsp3) is 0.0938. The summed E-state index contributed by atoms with van der Waals surface area (Å²) in [5.41, 5.74) is 8.01. The molecule has 0 saturated heterocycles. The van der Waals surface area contributed by atoms with Gasteiger partial charge in [-0.05, 0) is 144 Å². The number of aromatic nitrogens is 3. The second-order valence-electron chi connectivity index (χ2n) is 19.0. The van der Waals surface area contributed by atoms with Crippen molar-refractivity contribution in [1.82, 2.24) is 14.5 Å². The first-order valence-corrected chi connectivity index (χ1v) is 24.2. The summed E-state index contributed by atoms with van der Waals surface area (Å²) in [6, 6.07) is 55.7. The molecule has 12 heteroatoms. The molecule has 0 radical (unpaired) electrons. The fourth-order valence-electron chi connectivity index (χ4n) is 9.96. The van der Waals surface area contributed by atoms with E-state index in [-0.39, 0.29) is 0 Å². The van der Waals surface area contributed by atoms with E-state index in [1.54, 1.807) is 62.4 Å². The van der Waals surface area contributed by atoms with Crippen LogP contribution in [-0.4, -0.2) is 14.5 Å². The second kappa shape index (κ2) is 18.9. The largest absolute Gasteiger partial charge is 0.416 e. The Morgan fingerprint density at radius 1 is 0.316 bits per heavy atom. The van der Waals surface area contributed by atoms with E-state index in [1.807, 2.05) is 115 Å². The Bertz CT molecular complexity index is 3830. The van der Waals surface area contributed by atoms with Crippen molar-refractivity contribution in [2.45, 2.75) is 39.3 Å². The number of hydrogen-bond donors (Lipinski definition) is 0. The average Bonchev–Trinajstić information content (AvgIpc) is 3.75. The molecule has 0 aliphatic heterocycles. The van der Waals surface area contributed by atoms with E-state index in [4.69, 9.17) is 9.97 Å². The molecule has 0 unspecified atom stereocenters. The molecule has 0 spiro atoms. The van der Waals surface area contributed by atoms with Crippen LogP contribution in [0.3, 0.4) is 0 Å². The van der Waals surface area contributed by atoms with Crippen LogP contribution in [0.5, 0.6) is 0 Å². The van der Waals surface area contributed by atoms with Crippen LogP contribution in [0.1, 0.15) is 33.4 Å². The Morgan fingerprint density at radius 3 is 1.14 bits per heavy atom. The van der Waals surface area contributed by atoms with Gasteiger partial charge < -0.3 is 4.57 Å². The Balaban J connectivity index is 1.26. The van der Waals surface area contributed by atoms with Crippen LogP contribution in [-0.2, 0) is 18.5 Å². The van der Waals surface area contributed by atoms with Crippen molar-refractivity contribution in [3.63, 3.8) is 0 Å². The number of halogens is 9. The first-order valence-electron chi connectivity index (χ1n) is 24.2. The molecule has 0 fully saturated rings. The van der Waals surface area contributed by atoms with E-state index >= 15 is 0 Å². The summed E-state index contributed by atoms with van der Waals surface area (Å²) in [6.45, 7) is 5.11. The third-order valence-corrected chi connectivity index (χ3v) is 13.6. The van der Waals surface area contributed by atoms with Gasteiger partial charge in [-0.15, -0.1) is 0 Å². The molecule has 2 aromatic heterocycles. The van der Waals surface area contributed by atoms with Gasteiger partial charge in [0.2, 0.25) is 0 Å². The van der Waals surface area contributed by atoms with Crippen LogP contribution in [0.15, 0.2) is 200 Å². The van der Waals surface area contributed by atoms with Gasteiger partial charge in [0.15, 0.2) is 5.82 Å². The second-order valence-corrected chi connectivity index (χ2v) is 19.0. The maximum Gasteiger partial charge on any atom is 0.416 e. The van der Waals surface area contributed by atoms with Crippen molar-refractivity contribution in [3.05, 3.63) is 234 Å². The summed E-state index contributed by atoms with van der Waals surface area (Å²) in [4.78, 5) is 10.3. The molecule has 0 saturated carbocycles. The van der Waals surface area contributed by atoms with Crippen molar-refractivity contribution in [1.29, 1.82) is 0 Å². The molecule has 3 nitrogen and oxygen atoms in total. The lowest BCUT2D eigenvalue weighted by Crippen LogP contribution is -2.05. The highest BCUT2D eigenvalue weighted by atomic mass is 19.4. The molecule has 0 atom stereocenters.